The van der Waals surface area contributed by atoms with Gasteiger partial charge in [-0.3, -0.25) is 4.79 Å². The number of hydrogen-bond acceptors (Lipinski definition) is 4. The van der Waals surface area contributed by atoms with Crippen molar-refractivity contribution in [1.29, 1.82) is 0 Å². The summed E-state index contributed by atoms with van der Waals surface area (Å²) in [5.41, 5.74) is -0.251. The second-order valence-corrected chi connectivity index (χ2v) is 8.64. The van der Waals surface area contributed by atoms with Crippen molar-refractivity contribution in [2.45, 2.75) is 78.6 Å². The third kappa shape index (κ3) is 19.3. The fourth-order valence-corrected chi connectivity index (χ4v) is 2.67. The minimum atomic E-state index is -0.275. The predicted molar refractivity (Wildman–Crippen MR) is 106 cm³/mol. The molecule has 0 saturated carbocycles. The van der Waals surface area contributed by atoms with Gasteiger partial charge in [0.25, 0.3) is 0 Å². The maximum absolute atomic E-state index is 11.7. The monoisotopic (exact) mass is 354 g/mol. The highest BCUT2D eigenvalue weighted by atomic mass is 16.5. The van der Waals surface area contributed by atoms with Crippen molar-refractivity contribution < 1.29 is 14.3 Å². The summed E-state index contributed by atoms with van der Waals surface area (Å²) < 4.78 is 5.01. The lowest BCUT2D eigenvalue weighted by molar-refractivity contribution is -0.123. The minimum Gasteiger partial charge on any atom is -0.368 e. The van der Waals surface area contributed by atoms with E-state index in [0.29, 0.717) is 6.42 Å². The third-order valence-corrected chi connectivity index (χ3v) is 3.26. The van der Waals surface area contributed by atoms with Crippen molar-refractivity contribution in [3.63, 3.8) is 0 Å². The number of ether oxygens (including phenoxy) is 1. The smallest absolute Gasteiger partial charge is 0.220 e. The van der Waals surface area contributed by atoms with Gasteiger partial charge in [-0.2, -0.15) is 0 Å². The molecule has 6 heteroatoms. The quantitative estimate of drug-likeness (QED) is 0.468. The normalized spacial score (nSPS) is 14.1. The Bertz CT molecular complexity index is 377. The van der Waals surface area contributed by atoms with Crippen LogP contribution in [0.5, 0.6) is 0 Å². The number of carbonyl (C=O) groups excluding carboxylic acids is 2. The number of nitrogens with one attached hydrogen (secondary N) is 2. The summed E-state index contributed by atoms with van der Waals surface area (Å²) in [6, 6.07) is 0. The van der Waals surface area contributed by atoms with Crippen LogP contribution in [0.3, 0.4) is 0 Å². The van der Waals surface area contributed by atoms with Crippen LogP contribution in [0, 0.1) is 5.41 Å². The molecule has 2 radical (unpaired) electrons. The summed E-state index contributed by atoms with van der Waals surface area (Å²) in [5, 5.41) is 5.73. The largest absolute Gasteiger partial charge is 0.368 e. The molecule has 25 heavy (non-hydrogen) atoms. The number of carbonyl (C=O) groups is 2. The Morgan fingerprint density at radius 1 is 1.16 bits per heavy atom. The minimum absolute atomic E-state index is 0.0713. The summed E-state index contributed by atoms with van der Waals surface area (Å²) in [4.78, 5) is 21.4. The lowest BCUT2D eigenvalue weighted by atomic mass is 9.61. The Morgan fingerprint density at radius 2 is 1.72 bits per heavy atom. The van der Waals surface area contributed by atoms with Crippen LogP contribution in [0.15, 0.2) is 0 Å². The molecule has 0 aromatic rings. The SMILES string of the molecule is CC(C)(C)OCC=O.[B]C(C)(CNC)CC(C)(C)CC(=O)NCCC. The molecule has 0 heterocycles. The fourth-order valence-electron chi connectivity index (χ4n) is 2.67. The lowest BCUT2D eigenvalue weighted by Crippen LogP contribution is -2.34. The molecule has 1 amide bonds. The van der Waals surface area contributed by atoms with E-state index in [4.69, 9.17) is 12.6 Å². The molecule has 0 fully saturated rings. The first kappa shape index (κ1) is 26.4. The van der Waals surface area contributed by atoms with Crippen LogP contribution in [-0.2, 0) is 14.3 Å². The number of aldehydes is 1. The molecular formula is C19H39BN2O3. The maximum Gasteiger partial charge on any atom is 0.220 e. The molecule has 1 atom stereocenters. The van der Waals surface area contributed by atoms with Gasteiger partial charge in [0.1, 0.15) is 12.9 Å². The van der Waals surface area contributed by atoms with Gasteiger partial charge in [-0.1, -0.05) is 33.0 Å². The van der Waals surface area contributed by atoms with Crippen LogP contribution < -0.4 is 10.6 Å². The van der Waals surface area contributed by atoms with E-state index in [1.54, 1.807) is 0 Å². The Morgan fingerprint density at radius 3 is 2.08 bits per heavy atom. The van der Waals surface area contributed by atoms with E-state index in [1.807, 2.05) is 34.7 Å². The fraction of sp³-hybridized carbons (Fsp3) is 0.895. The van der Waals surface area contributed by atoms with Crippen LogP contribution in [0.25, 0.3) is 0 Å². The number of amides is 1. The van der Waals surface area contributed by atoms with Crippen molar-refractivity contribution in [3.05, 3.63) is 0 Å². The van der Waals surface area contributed by atoms with Crippen LogP contribution in [-0.4, -0.2) is 52.4 Å². The molecule has 0 aromatic heterocycles. The number of hydrogen-bond donors (Lipinski definition) is 2. The molecule has 0 aromatic carbocycles. The Hall–Kier alpha value is -0.875. The molecule has 0 saturated heterocycles. The lowest BCUT2D eigenvalue weighted by Gasteiger charge is -2.35. The van der Waals surface area contributed by atoms with E-state index < -0.39 is 0 Å². The van der Waals surface area contributed by atoms with E-state index >= 15 is 0 Å². The van der Waals surface area contributed by atoms with E-state index in [-0.39, 0.29) is 28.8 Å². The van der Waals surface area contributed by atoms with Crippen LogP contribution in [0.2, 0.25) is 5.31 Å². The van der Waals surface area contributed by atoms with Crippen LogP contribution >= 0.6 is 0 Å². The van der Waals surface area contributed by atoms with Gasteiger partial charge < -0.3 is 20.2 Å². The predicted octanol–water partition coefficient (Wildman–Crippen LogP) is 2.89. The van der Waals surface area contributed by atoms with Gasteiger partial charge in [0, 0.05) is 13.0 Å². The standard InChI is InChI=1S/C13H27BN2O.C6H12O2/c1-6-7-16-11(17)8-12(2,3)9-13(4,14)10-15-5;1-6(2,3)8-5-4-7/h15H,6-10H2,1-5H3,(H,16,17);4H,5H2,1-3H3. The van der Waals surface area contributed by atoms with Gasteiger partial charge in [0.15, 0.2) is 0 Å². The maximum atomic E-state index is 11.7. The van der Waals surface area contributed by atoms with E-state index in [0.717, 1.165) is 32.2 Å². The van der Waals surface area contributed by atoms with Gasteiger partial charge in [0.2, 0.25) is 5.91 Å². The molecule has 5 nitrogen and oxygen atoms in total. The molecule has 0 spiro atoms. The molecule has 1 unspecified atom stereocenters. The van der Waals surface area contributed by atoms with Gasteiger partial charge in [-0.15, -0.1) is 0 Å². The summed E-state index contributed by atoms with van der Waals surface area (Å²) in [6.45, 7) is 15.7. The van der Waals surface area contributed by atoms with E-state index in [9.17, 15) is 9.59 Å². The second kappa shape index (κ2) is 12.5. The average molecular weight is 354 g/mol. The summed E-state index contributed by atoms with van der Waals surface area (Å²) in [7, 11) is 8.09. The van der Waals surface area contributed by atoms with Crippen molar-refractivity contribution >= 4 is 20.0 Å². The highest BCUT2D eigenvalue weighted by molar-refractivity contribution is 6.15. The second-order valence-electron chi connectivity index (χ2n) is 8.64. The summed E-state index contributed by atoms with van der Waals surface area (Å²) in [6.07, 6.45) is 3.08. The topological polar surface area (TPSA) is 67.4 Å². The molecule has 146 valence electrons. The first-order chi connectivity index (χ1) is 11.3. The molecular weight excluding hydrogens is 315 g/mol. The Balaban J connectivity index is 0. The highest BCUT2D eigenvalue weighted by Crippen LogP contribution is 2.38. The zero-order valence-electron chi connectivity index (χ0n) is 17.6. The third-order valence-electron chi connectivity index (χ3n) is 3.26. The Kier molecular flexibility index (Phi) is 13.1. The van der Waals surface area contributed by atoms with E-state index in [1.165, 1.54) is 0 Å². The molecule has 0 aliphatic heterocycles. The van der Waals surface area contributed by atoms with Crippen LogP contribution in [0.4, 0.5) is 0 Å². The first-order valence-corrected chi connectivity index (χ1v) is 9.06. The van der Waals surface area contributed by atoms with Gasteiger partial charge in [-0.05, 0) is 52.6 Å². The van der Waals surface area contributed by atoms with Gasteiger partial charge in [-0.25, -0.2) is 0 Å². The molecule has 0 rings (SSSR count). The Labute approximate surface area is 156 Å². The molecule has 0 bridgehead atoms. The van der Waals surface area contributed by atoms with Crippen molar-refractivity contribution in [2.24, 2.45) is 5.41 Å². The molecule has 0 aliphatic carbocycles. The summed E-state index contributed by atoms with van der Waals surface area (Å²) >= 11 is 0. The van der Waals surface area contributed by atoms with Gasteiger partial charge in [0.05, 0.1) is 13.4 Å². The zero-order chi connectivity index (χ0) is 20.1. The summed E-state index contributed by atoms with van der Waals surface area (Å²) in [5.74, 6) is 0.122. The molecule has 0 aliphatic rings. The van der Waals surface area contributed by atoms with Crippen molar-refractivity contribution in [2.75, 3.05) is 26.7 Å². The van der Waals surface area contributed by atoms with Crippen molar-refractivity contribution in [3.8, 4) is 0 Å². The first-order valence-electron chi connectivity index (χ1n) is 9.06. The van der Waals surface area contributed by atoms with Gasteiger partial charge >= 0.3 is 0 Å². The highest BCUT2D eigenvalue weighted by Gasteiger charge is 2.29. The van der Waals surface area contributed by atoms with Crippen LogP contribution in [0.1, 0.15) is 67.7 Å². The van der Waals surface area contributed by atoms with E-state index in [2.05, 4.69) is 31.4 Å². The zero-order valence-corrected chi connectivity index (χ0v) is 17.6. The van der Waals surface area contributed by atoms with Crippen molar-refractivity contribution in [1.82, 2.24) is 10.6 Å². The number of rotatable bonds is 10. The average Bonchev–Trinajstić information content (AvgIpc) is 2.40. The molecule has 2 N–H and O–H groups in total.